The van der Waals surface area contributed by atoms with E-state index >= 15 is 0 Å². The highest BCUT2D eigenvalue weighted by molar-refractivity contribution is 5.95. The van der Waals surface area contributed by atoms with Gasteiger partial charge in [-0.1, -0.05) is 49.4 Å². The molecule has 0 bridgehead atoms. The predicted molar refractivity (Wildman–Crippen MR) is 130 cm³/mol. The van der Waals surface area contributed by atoms with Crippen molar-refractivity contribution < 1.29 is 4.79 Å². The molecular formula is C27H24N4O2. The van der Waals surface area contributed by atoms with Gasteiger partial charge >= 0.3 is 0 Å². The molecule has 6 heteroatoms. The Morgan fingerprint density at radius 1 is 1.00 bits per heavy atom. The summed E-state index contributed by atoms with van der Waals surface area (Å²) in [5, 5.41) is 15.0. The Hall–Kier alpha value is -4.24. The number of carbonyl (C=O) groups is 1. The summed E-state index contributed by atoms with van der Waals surface area (Å²) in [6.07, 6.45) is 0.923. The van der Waals surface area contributed by atoms with Gasteiger partial charge in [0.1, 0.15) is 6.54 Å². The van der Waals surface area contributed by atoms with Gasteiger partial charge in [0.15, 0.2) is 0 Å². The van der Waals surface area contributed by atoms with E-state index in [0.717, 1.165) is 12.1 Å². The maximum atomic E-state index is 13.2. The van der Waals surface area contributed by atoms with Crippen LogP contribution in [-0.2, 0) is 17.8 Å². The molecule has 4 aromatic rings. The van der Waals surface area contributed by atoms with Crippen LogP contribution in [0.5, 0.6) is 0 Å². The number of benzene rings is 3. The van der Waals surface area contributed by atoms with Gasteiger partial charge in [-0.05, 0) is 49.2 Å². The SMILES string of the molecule is CCc1ccc(N(CC)C(=O)Cn2nc(-c3cccc(C#N)c3)c3ccccc3c2=O)cc1. The average molecular weight is 437 g/mol. The normalized spacial score (nSPS) is 10.7. The van der Waals surface area contributed by atoms with Crippen molar-refractivity contribution in [3.63, 3.8) is 0 Å². The second-order valence-electron chi connectivity index (χ2n) is 7.71. The average Bonchev–Trinajstić information content (AvgIpc) is 2.86. The van der Waals surface area contributed by atoms with Gasteiger partial charge in [-0.25, -0.2) is 4.68 Å². The van der Waals surface area contributed by atoms with Crippen LogP contribution < -0.4 is 10.5 Å². The fraction of sp³-hybridized carbons (Fsp3) is 0.185. The van der Waals surface area contributed by atoms with Crippen LogP contribution in [-0.4, -0.2) is 22.2 Å². The van der Waals surface area contributed by atoms with E-state index in [9.17, 15) is 14.9 Å². The molecule has 0 fully saturated rings. The van der Waals surface area contributed by atoms with E-state index in [2.05, 4.69) is 18.1 Å². The van der Waals surface area contributed by atoms with Crippen LogP contribution in [0.3, 0.4) is 0 Å². The van der Waals surface area contributed by atoms with Crippen LogP contribution in [0.4, 0.5) is 5.69 Å². The van der Waals surface area contributed by atoms with E-state index in [-0.39, 0.29) is 18.0 Å². The van der Waals surface area contributed by atoms with Crippen molar-refractivity contribution in [2.45, 2.75) is 26.8 Å². The molecule has 4 rings (SSSR count). The number of hydrogen-bond donors (Lipinski definition) is 0. The smallest absolute Gasteiger partial charge is 0.275 e. The second-order valence-corrected chi connectivity index (χ2v) is 7.71. The van der Waals surface area contributed by atoms with E-state index in [4.69, 9.17) is 0 Å². The van der Waals surface area contributed by atoms with Crippen molar-refractivity contribution in [3.05, 3.63) is 94.3 Å². The molecule has 0 radical (unpaired) electrons. The topological polar surface area (TPSA) is 79.0 Å². The van der Waals surface area contributed by atoms with Crippen molar-refractivity contribution >= 4 is 22.4 Å². The number of nitrogens with zero attached hydrogens (tertiary/aromatic N) is 4. The van der Waals surface area contributed by atoms with Gasteiger partial charge in [0.05, 0.1) is 22.7 Å². The third-order valence-electron chi connectivity index (χ3n) is 5.69. The minimum atomic E-state index is -0.323. The van der Waals surface area contributed by atoms with Gasteiger partial charge < -0.3 is 4.90 Å². The summed E-state index contributed by atoms with van der Waals surface area (Å²) in [5.74, 6) is -0.219. The minimum absolute atomic E-state index is 0.183. The van der Waals surface area contributed by atoms with Crippen molar-refractivity contribution in [2.75, 3.05) is 11.4 Å². The molecule has 1 aromatic heterocycles. The number of carbonyl (C=O) groups excluding carboxylic acids is 1. The number of anilines is 1. The zero-order valence-electron chi connectivity index (χ0n) is 18.7. The molecule has 0 saturated heterocycles. The van der Waals surface area contributed by atoms with Crippen LogP contribution in [0.25, 0.3) is 22.0 Å². The molecule has 0 N–H and O–H groups in total. The fourth-order valence-electron chi connectivity index (χ4n) is 3.92. The van der Waals surface area contributed by atoms with Crippen LogP contribution in [0, 0.1) is 11.3 Å². The minimum Gasteiger partial charge on any atom is -0.311 e. The molecule has 0 aliphatic carbocycles. The van der Waals surface area contributed by atoms with E-state index < -0.39 is 0 Å². The molecule has 164 valence electrons. The zero-order chi connectivity index (χ0) is 23.4. The molecule has 0 spiro atoms. The zero-order valence-corrected chi connectivity index (χ0v) is 18.7. The summed E-state index contributed by atoms with van der Waals surface area (Å²) in [7, 11) is 0. The first-order valence-electron chi connectivity index (χ1n) is 11.0. The molecule has 0 atom stereocenters. The summed E-state index contributed by atoms with van der Waals surface area (Å²) < 4.78 is 1.22. The van der Waals surface area contributed by atoms with E-state index in [0.29, 0.717) is 34.1 Å². The first kappa shape index (κ1) is 22.0. The lowest BCUT2D eigenvalue weighted by molar-refractivity contribution is -0.119. The van der Waals surface area contributed by atoms with Crippen LogP contribution in [0.1, 0.15) is 25.0 Å². The number of hydrogen-bond acceptors (Lipinski definition) is 4. The standard InChI is InChI=1S/C27H24N4O2/c1-3-19-12-14-22(15-13-19)30(4-2)25(32)18-31-27(33)24-11-6-5-10-23(24)26(29-31)21-9-7-8-20(16-21)17-28/h5-16H,3-4,18H2,1-2H3. The Kier molecular flexibility index (Phi) is 6.32. The molecule has 6 nitrogen and oxygen atoms in total. The van der Waals surface area contributed by atoms with E-state index in [1.54, 1.807) is 35.2 Å². The summed E-state index contributed by atoms with van der Waals surface area (Å²) in [6, 6.07) is 24.3. The number of amides is 1. The number of aromatic nitrogens is 2. The lowest BCUT2D eigenvalue weighted by Crippen LogP contribution is -2.37. The second kappa shape index (κ2) is 9.49. The first-order chi connectivity index (χ1) is 16.0. The number of nitriles is 1. The fourth-order valence-corrected chi connectivity index (χ4v) is 3.92. The number of aryl methyl sites for hydroxylation is 1. The summed E-state index contributed by atoms with van der Waals surface area (Å²) in [6.45, 7) is 4.28. The maximum absolute atomic E-state index is 13.2. The Morgan fingerprint density at radius 3 is 2.39 bits per heavy atom. The first-order valence-corrected chi connectivity index (χ1v) is 11.0. The molecule has 1 amide bonds. The Balaban J connectivity index is 1.77. The molecule has 0 saturated carbocycles. The molecule has 0 aliphatic rings. The van der Waals surface area contributed by atoms with Crippen molar-refractivity contribution in [3.8, 4) is 17.3 Å². The van der Waals surface area contributed by atoms with Crippen molar-refractivity contribution in [1.82, 2.24) is 9.78 Å². The molecule has 1 heterocycles. The van der Waals surface area contributed by atoms with Crippen LogP contribution in [0.15, 0.2) is 77.6 Å². The maximum Gasteiger partial charge on any atom is 0.275 e. The molecule has 33 heavy (non-hydrogen) atoms. The number of likely N-dealkylation sites (N-methyl/N-ethyl adjacent to an activating group) is 1. The van der Waals surface area contributed by atoms with Gasteiger partial charge in [0.25, 0.3) is 5.56 Å². The van der Waals surface area contributed by atoms with Crippen molar-refractivity contribution in [2.24, 2.45) is 0 Å². The molecule has 0 unspecified atom stereocenters. The highest BCUT2D eigenvalue weighted by atomic mass is 16.2. The lowest BCUT2D eigenvalue weighted by Gasteiger charge is -2.22. The van der Waals surface area contributed by atoms with Gasteiger partial charge in [-0.15, -0.1) is 0 Å². The van der Waals surface area contributed by atoms with Gasteiger partial charge in [0.2, 0.25) is 5.91 Å². The van der Waals surface area contributed by atoms with E-state index in [1.807, 2.05) is 49.4 Å². The van der Waals surface area contributed by atoms with Crippen LogP contribution >= 0.6 is 0 Å². The highest BCUT2D eigenvalue weighted by Gasteiger charge is 2.18. The Labute approximate surface area is 192 Å². The Bertz CT molecular complexity index is 1420. The molecule has 3 aromatic carbocycles. The van der Waals surface area contributed by atoms with Gasteiger partial charge in [-0.3, -0.25) is 9.59 Å². The van der Waals surface area contributed by atoms with Gasteiger partial charge in [0, 0.05) is 23.2 Å². The largest absolute Gasteiger partial charge is 0.311 e. The van der Waals surface area contributed by atoms with Gasteiger partial charge in [-0.2, -0.15) is 10.4 Å². The quantitative estimate of drug-likeness (QED) is 0.444. The molecule has 0 aliphatic heterocycles. The molecular weight excluding hydrogens is 412 g/mol. The summed E-state index contributed by atoms with van der Waals surface area (Å²) in [5.41, 5.74) is 3.44. The monoisotopic (exact) mass is 436 g/mol. The van der Waals surface area contributed by atoms with Crippen molar-refractivity contribution in [1.29, 1.82) is 5.26 Å². The highest BCUT2D eigenvalue weighted by Crippen LogP contribution is 2.25. The predicted octanol–water partition coefficient (Wildman–Crippen LogP) is 4.55. The van der Waals surface area contributed by atoms with Crippen LogP contribution in [0.2, 0.25) is 0 Å². The summed E-state index contributed by atoms with van der Waals surface area (Å²) in [4.78, 5) is 28.0. The van der Waals surface area contributed by atoms with E-state index in [1.165, 1.54) is 10.2 Å². The number of fused-ring (bicyclic) bond motifs is 1. The third-order valence-corrected chi connectivity index (χ3v) is 5.69. The Morgan fingerprint density at radius 2 is 1.73 bits per heavy atom. The third kappa shape index (κ3) is 4.39. The number of rotatable bonds is 6. The summed E-state index contributed by atoms with van der Waals surface area (Å²) >= 11 is 0. The lowest BCUT2D eigenvalue weighted by atomic mass is 10.0.